The molecule has 5 rings (SSSR count). The fraction of sp³-hybridized carbons (Fsp3) is 0.484. The molecule has 2 amide bonds. The third-order valence-electron chi connectivity index (χ3n) is 8.28. The molecule has 206 valence electrons. The van der Waals surface area contributed by atoms with Crippen LogP contribution in [0.5, 0.6) is 5.75 Å². The van der Waals surface area contributed by atoms with Gasteiger partial charge in [-0.15, -0.1) is 0 Å². The van der Waals surface area contributed by atoms with Gasteiger partial charge in [-0.3, -0.25) is 4.90 Å². The van der Waals surface area contributed by atoms with Gasteiger partial charge in [-0.1, -0.05) is 6.92 Å². The smallest absolute Gasteiger partial charge is 0.321 e. The maximum atomic E-state index is 13.0. The minimum atomic E-state index is -0.0332. The number of rotatable bonds is 8. The van der Waals surface area contributed by atoms with Crippen molar-refractivity contribution in [2.24, 2.45) is 5.92 Å². The van der Waals surface area contributed by atoms with Gasteiger partial charge in [0.15, 0.2) is 0 Å². The zero-order valence-electron chi connectivity index (χ0n) is 23.2. The number of nitriles is 1. The lowest BCUT2D eigenvalue weighted by Crippen LogP contribution is -2.50. The molecule has 3 aromatic rings. The molecule has 2 aliphatic heterocycles. The van der Waals surface area contributed by atoms with Gasteiger partial charge >= 0.3 is 6.03 Å². The van der Waals surface area contributed by atoms with Crippen molar-refractivity contribution in [1.29, 1.82) is 5.26 Å². The molecule has 8 nitrogen and oxygen atoms in total. The number of aryl methyl sites for hydroxylation is 1. The Hall–Kier alpha value is -3.70. The first-order valence-electron chi connectivity index (χ1n) is 14.3. The quantitative estimate of drug-likeness (QED) is 0.379. The summed E-state index contributed by atoms with van der Waals surface area (Å²) in [6, 6.07) is 14.0. The molecule has 0 spiro atoms. The van der Waals surface area contributed by atoms with Gasteiger partial charge < -0.3 is 24.8 Å². The number of benzene rings is 2. The Morgan fingerprint density at radius 2 is 1.87 bits per heavy atom. The maximum absolute atomic E-state index is 13.0. The van der Waals surface area contributed by atoms with E-state index in [1.807, 2.05) is 35.2 Å². The lowest BCUT2D eigenvalue weighted by molar-refractivity contribution is 0.146. The van der Waals surface area contributed by atoms with Gasteiger partial charge in [0.1, 0.15) is 5.75 Å². The highest BCUT2D eigenvalue weighted by atomic mass is 16.5. The van der Waals surface area contributed by atoms with E-state index in [4.69, 9.17) is 4.74 Å². The predicted molar refractivity (Wildman–Crippen MR) is 157 cm³/mol. The van der Waals surface area contributed by atoms with E-state index in [0.717, 1.165) is 99.0 Å². The number of carbonyl (C=O) groups excluding carboxylic acids is 1. The van der Waals surface area contributed by atoms with Crippen LogP contribution in [0.25, 0.3) is 10.9 Å². The fourth-order valence-electron chi connectivity index (χ4n) is 5.75. The van der Waals surface area contributed by atoms with E-state index in [1.54, 1.807) is 7.11 Å². The number of piperidine rings is 1. The monoisotopic (exact) mass is 528 g/mol. The van der Waals surface area contributed by atoms with Crippen LogP contribution in [-0.4, -0.2) is 73.7 Å². The van der Waals surface area contributed by atoms with E-state index in [2.05, 4.69) is 45.4 Å². The molecular formula is C31H40N6O2. The van der Waals surface area contributed by atoms with Crippen molar-refractivity contribution >= 4 is 28.3 Å². The Labute approximate surface area is 231 Å². The number of urea groups is 1. The summed E-state index contributed by atoms with van der Waals surface area (Å²) in [5.74, 6) is 1.61. The van der Waals surface area contributed by atoms with Crippen LogP contribution >= 0.6 is 0 Å². The average Bonchev–Trinajstić information content (AvgIpc) is 3.38. The van der Waals surface area contributed by atoms with Crippen molar-refractivity contribution in [2.45, 2.75) is 39.0 Å². The molecular weight excluding hydrogens is 488 g/mol. The number of nitrogens with one attached hydrogen (secondary N) is 2. The topological polar surface area (TPSA) is 87.6 Å². The molecule has 2 fully saturated rings. The van der Waals surface area contributed by atoms with Crippen LogP contribution in [0.4, 0.5) is 16.2 Å². The van der Waals surface area contributed by atoms with E-state index in [1.165, 1.54) is 18.4 Å². The normalized spacial score (nSPS) is 16.8. The number of carbonyl (C=O) groups is 1. The summed E-state index contributed by atoms with van der Waals surface area (Å²) in [6.07, 6.45) is 7.63. The van der Waals surface area contributed by atoms with Crippen LogP contribution in [0.3, 0.4) is 0 Å². The SMILES string of the molecule is COc1ccc(NC(=O)N2CCN(CCCCc3c[nH]c4ccc(C#N)cc34)CC2)cc1N1CCC(C)CC1. The van der Waals surface area contributed by atoms with Crippen molar-refractivity contribution in [3.63, 3.8) is 0 Å². The number of hydrogen-bond donors (Lipinski definition) is 2. The molecule has 0 unspecified atom stereocenters. The number of aromatic nitrogens is 1. The molecule has 2 N–H and O–H groups in total. The summed E-state index contributed by atoms with van der Waals surface area (Å²) < 4.78 is 5.62. The molecule has 39 heavy (non-hydrogen) atoms. The van der Waals surface area contributed by atoms with Gasteiger partial charge in [-0.2, -0.15) is 5.26 Å². The van der Waals surface area contributed by atoms with Crippen molar-refractivity contribution in [1.82, 2.24) is 14.8 Å². The van der Waals surface area contributed by atoms with E-state index < -0.39 is 0 Å². The minimum absolute atomic E-state index is 0.0332. The highest BCUT2D eigenvalue weighted by Gasteiger charge is 2.23. The number of nitrogens with zero attached hydrogens (tertiary/aromatic N) is 4. The van der Waals surface area contributed by atoms with Gasteiger partial charge in [0.05, 0.1) is 24.4 Å². The fourth-order valence-corrected chi connectivity index (χ4v) is 5.75. The Bertz CT molecular complexity index is 1310. The lowest BCUT2D eigenvalue weighted by atomic mass is 9.98. The minimum Gasteiger partial charge on any atom is -0.495 e. The Morgan fingerprint density at radius 1 is 1.08 bits per heavy atom. The zero-order chi connectivity index (χ0) is 27.2. The van der Waals surface area contributed by atoms with Crippen molar-refractivity contribution in [3.8, 4) is 11.8 Å². The number of hydrogen-bond acceptors (Lipinski definition) is 5. The van der Waals surface area contributed by atoms with Crippen LogP contribution in [0, 0.1) is 17.2 Å². The van der Waals surface area contributed by atoms with Gasteiger partial charge in [0, 0.05) is 62.1 Å². The molecule has 1 aromatic heterocycles. The molecule has 0 bridgehead atoms. The Morgan fingerprint density at radius 3 is 2.62 bits per heavy atom. The van der Waals surface area contributed by atoms with Crippen LogP contribution in [0.1, 0.15) is 43.7 Å². The number of unbranched alkanes of at least 4 members (excludes halogenated alkanes) is 1. The largest absolute Gasteiger partial charge is 0.495 e. The molecule has 0 atom stereocenters. The summed E-state index contributed by atoms with van der Waals surface area (Å²) in [7, 11) is 1.71. The number of methoxy groups -OCH3 is 1. The zero-order valence-corrected chi connectivity index (χ0v) is 23.2. The van der Waals surface area contributed by atoms with Crippen molar-refractivity contribution in [3.05, 3.63) is 53.7 Å². The average molecular weight is 529 g/mol. The molecule has 8 heteroatoms. The molecule has 0 aliphatic carbocycles. The van der Waals surface area contributed by atoms with Gasteiger partial charge in [-0.25, -0.2) is 4.79 Å². The molecule has 2 aliphatic rings. The highest BCUT2D eigenvalue weighted by Crippen LogP contribution is 2.34. The number of ether oxygens (including phenoxy) is 1. The lowest BCUT2D eigenvalue weighted by Gasteiger charge is -2.35. The van der Waals surface area contributed by atoms with Crippen molar-refractivity contribution < 1.29 is 9.53 Å². The van der Waals surface area contributed by atoms with Gasteiger partial charge in [0.25, 0.3) is 0 Å². The second kappa shape index (κ2) is 12.4. The van der Waals surface area contributed by atoms with Gasteiger partial charge in [-0.05, 0) is 86.5 Å². The van der Waals surface area contributed by atoms with Gasteiger partial charge in [0.2, 0.25) is 0 Å². The highest BCUT2D eigenvalue weighted by molar-refractivity contribution is 5.90. The summed E-state index contributed by atoms with van der Waals surface area (Å²) >= 11 is 0. The number of amides is 2. The molecule has 2 aromatic carbocycles. The number of piperazine rings is 1. The van der Waals surface area contributed by atoms with E-state index in [9.17, 15) is 10.1 Å². The number of aromatic amines is 1. The summed E-state index contributed by atoms with van der Waals surface area (Å²) in [6.45, 7) is 8.64. The van der Waals surface area contributed by atoms with Crippen LogP contribution < -0.4 is 15.0 Å². The summed E-state index contributed by atoms with van der Waals surface area (Å²) in [5, 5.41) is 13.5. The van der Waals surface area contributed by atoms with E-state index in [-0.39, 0.29) is 6.03 Å². The Balaban J connectivity index is 1.07. The summed E-state index contributed by atoms with van der Waals surface area (Å²) in [5.41, 5.74) is 4.95. The summed E-state index contributed by atoms with van der Waals surface area (Å²) in [4.78, 5) is 23.1. The number of anilines is 2. The first-order valence-corrected chi connectivity index (χ1v) is 14.3. The van der Waals surface area contributed by atoms with Crippen LogP contribution in [-0.2, 0) is 6.42 Å². The van der Waals surface area contributed by atoms with E-state index >= 15 is 0 Å². The Kier molecular flexibility index (Phi) is 8.58. The molecule has 3 heterocycles. The number of fused-ring (bicyclic) bond motifs is 1. The third-order valence-corrected chi connectivity index (χ3v) is 8.28. The molecule has 2 saturated heterocycles. The standard InChI is InChI=1S/C31H40N6O2/c1-23-10-13-36(14-11-23)29-20-26(7-9-30(29)39-2)34-31(38)37-17-15-35(16-18-37)12-4-3-5-25-22-33-28-8-6-24(21-32)19-27(25)28/h6-9,19-20,22-23,33H,3-5,10-18H2,1-2H3,(H,34,38). The van der Waals surface area contributed by atoms with Crippen LogP contribution in [0.15, 0.2) is 42.6 Å². The molecule has 0 radical (unpaired) electrons. The number of H-pyrrole nitrogens is 1. The first-order chi connectivity index (χ1) is 19.0. The first kappa shape index (κ1) is 26.9. The second-order valence-corrected chi connectivity index (χ2v) is 11.0. The predicted octanol–water partition coefficient (Wildman–Crippen LogP) is 5.46. The van der Waals surface area contributed by atoms with E-state index in [0.29, 0.717) is 5.56 Å². The van der Waals surface area contributed by atoms with Crippen LogP contribution in [0.2, 0.25) is 0 Å². The molecule has 0 saturated carbocycles. The maximum Gasteiger partial charge on any atom is 0.321 e. The second-order valence-electron chi connectivity index (χ2n) is 11.0. The van der Waals surface area contributed by atoms with Crippen molar-refractivity contribution in [2.75, 3.05) is 63.1 Å². The third kappa shape index (κ3) is 6.48.